The van der Waals surface area contributed by atoms with Crippen LogP contribution in [0.1, 0.15) is 5.56 Å². The van der Waals surface area contributed by atoms with Crippen LogP contribution in [-0.4, -0.2) is 15.0 Å². The molecule has 0 fully saturated rings. The first-order valence-electron chi connectivity index (χ1n) is 3.94. The molecule has 0 saturated carbocycles. The molecule has 2 aromatic rings. The van der Waals surface area contributed by atoms with Gasteiger partial charge in [0.15, 0.2) is 0 Å². The van der Waals surface area contributed by atoms with Crippen molar-refractivity contribution in [1.29, 1.82) is 5.26 Å². The predicted octanol–water partition coefficient (Wildman–Crippen LogP) is 1.21. The van der Waals surface area contributed by atoms with Gasteiger partial charge in [-0.1, -0.05) is 0 Å². The summed E-state index contributed by atoms with van der Waals surface area (Å²) in [6.07, 6.45) is 8.82. The molecule has 65 valence electrons. The Morgan fingerprint density at radius 1 is 1.29 bits per heavy atom. The van der Waals surface area contributed by atoms with E-state index in [1.54, 1.807) is 24.7 Å². The molecule has 2 heterocycles. The van der Waals surface area contributed by atoms with E-state index in [0.29, 0.717) is 16.8 Å². The highest BCUT2D eigenvalue weighted by Gasteiger charge is 2.04. The summed E-state index contributed by atoms with van der Waals surface area (Å²) >= 11 is 0. The lowest BCUT2D eigenvalue weighted by molar-refractivity contribution is 1.18. The number of nitriles is 1. The average Bonchev–Trinajstić information content (AvgIpc) is 2.30. The third kappa shape index (κ3) is 1.43. The fourth-order valence-electron chi connectivity index (χ4n) is 1.09. The predicted molar refractivity (Wildman–Crippen MR) is 48.8 cm³/mol. The minimum Gasteiger partial charge on any atom is -0.264 e. The van der Waals surface area contributed by atoms with Crippen molar-refractivity contribution >= 4 is 0 Å². The Hall–Kier alpha value is -2.28. The zero-order valence-electron chi connectivity index (χ0n) is 7.18. The van der Waals surface area contributed by atoms with E-state index >= 15 is 0 Å². The Balaban J connectivity index is 2.58. The highest BCUT2D eigenvalue weighted by Crippen LogP contribution is 2.17. The molecular weight excluding hydrogens is 176 g/mol. The van der Waals surface area contributed by atoms with E-state index in [4.69, 9.17) is 5.26 Å². The van der Waals surface area contributed by atoms with Crippen LogP contribution in [0.4, 0.5) is 0 Å². The molecule has 0 N–H and O–H groups in total. The first-order valence-corrected chi connectivity index (χ1v) is 3.94. The Bertz CT molecular complexity index is 473. The lowest BCUT2D eigenvalue weighted by Crippen LogP contribution is -1.89. The molecule has 2 rings (SSSR count). The number of pyridine rings is 1. The maximum atomic E-state index is 8.84. The molecule has 14 heavy (non-hydrogen) atoms. The second kappa shape index (κ2) is 3.62. The monoisotopic (exact) mass is 181 g/mol. The maximum absolute atomic E-state index is 8.84. The Morgan fingerprint density at radius 2 is 2.21 bits per heavy atom. The van der Waals surface area contributed by atoms with E-state index in [0.717, 1.165) is 0 Å². The molecule has 0 atom stereocenters. The number of nitrogens with zero attached hydrogens (tertiary/aromatic N) is 4. The van der Waals surface area contributed by atoms with Crippen molar-refractivity contribution in [2.75, 3.05) is 0 Å². The highest BCUT2D eigenvalue weighted by molar-refractivity contribution is 5.64. The van der Waals surface area contributed by atoms with Gasteiger partial charge >= 0.3 is 0 Å². The van der Waals surface area contributed by atoms with E-state index < -0.39 is 0 Å². The van der Waals surface area contributed by atoms with Crippen LogP contribution in [0.5, 0.6) is 0 Å². The molecule has 0 spiro atoms. The number of rotatable bonds is 1. The van der Waals surface area contributed by atoms with Crippen molar-refractivity contribution in [2.24, 2.45) is 0 Å². The van der Waals surface area contributed by atoms with Crippen molar-refractivity contribution in [3.63, 3.8) is 0 Å². The molecule has 0 unspecified atom stereocenters. The largest absolute Gasteiger partial charge is 0.264 e. The summed E-state index contributed by atoms with van der Waals surface area (Å²) in [6.45, 7) is 0. The summed E-state index contributed by atoms with van der Waals surface area (Å²) in [5.74, 6) is 0. The maximum Gasteiger partial charge on any atom is 0.109 e. The number of aromatic nitrogens is 3. The van der Waals surface area contributed by atoms with E-state index in [2.05, 4.69) is 27.2 Å². The topological polar surface area (TPSA) is 62.5 Å². The van der Waals surface area contributed by atoms with Gasteiger partial charge in [0, 0.05) is 18.0 Å². The van der Waals surface area contributed by atoms with Crippen molar-refractivity contribution in [3.8, 4) is 17.3 Å². The summed E-state index contributed by atoms with van der Waals surface area (Å²) < 4.78 is 0. The fraction of sp³-hybridized carbons (Fsp3) is 0. The summed E-state index contributed by atoms with van der Waals surface area (Å²) in [5.41, 5.74) is 1.82. The van der Waals surface area contributed by atoms with Gasteiger partial charge in [0.25, 0.3) is 0 Å². The fourth-order valence-corrected chi connectivity index (χ4v) is 1.09. The van der Waals surface area contributed by atoms with Crippen LogP contribution < -0.4 is 0 Å². The van der Waals surface area contributed by atoms with Gasteiger partial charge in [-0.15, -0.1) is 0 Å². The van der Waals surface area contributed by atoms with E-state index in [1.165, 1.54) is 6.20 Å². The lowest BCUT2D eigenvalue weighted by atomic mass is 10.1. The second-order valence-corrected chi connectivity index (χ2v) is 2.57. The molecule has 4 nitrogen and oxygen atoms in total. The molecule has 1 radical (unpaired) electrons. The summed E-state index contributed by atoms with van der Waals surface area (Å²) in [4.78, 5) is 11.8. The smallest absolute Gasteiger partial charge is 0.109 e. The summed E-state index contributed by atoms with van der Waals surface area (Å²) in [5, 5.41) is 8.84. The van der Waals surface area contributed by atoms with Gasteiger partial charge in [0.1, 0.15) is 6.20 Å². The number of hydrogen-bond donors (Lipinski definition) is 0. The van der Waals surface area contributed by atoms with Crippen LogP contribution >= 0.6 is 0 Å². The van der Waals surface area contributed by atoms with Crippen LogP contribution in [0.3, 0.4) is 0 Å². The molecule has 0 aliphatic rings. The molecule has 2 aromatic heterocycles. The van der Waals surface area contributed by atoms with Crippen LogP contribution in [0, 0.1) is 17.5 Å². The van der Waals surface area contributed by atoms with E-state index in [-0.39, 0.29) is 0 Å². The first-order chi connectivity index (χ1) is 6.92. The van der Waals surface area contributed by atoms with Crippen LogP contribution in [0.2, 0.25) is 0 Å². The summed E-state index contributed by atoms with van der Waals surface area (Å²) in [7, 11) is 0. The Morgan fingerprint density at radius 3 is 2.93 bits per heavy atom. The molecule has 0 aliphatic carbocycles. The van der Waals surface area contributed by atoms with Crippen molar-refractivity contribution in [1.82, 2.24) is 15.0 Å². The minimum absolute atomic E-state index is 0.536. The molecule has 0 aromatic carbocycles. The zero-order chi connectivity index (χ0) is 9.80. The SMILES string of the molecule is N#Cc1ccncc1-c1cnc[c]n1. The Kier molecular flexibility index (Phi) is 2.15. The zero-order valence-corrected chi connectivity index (χ0v) is 7.18. The molecule has 0 amide bonds. The van der Waals surface area contributed by atoms with Gasteiger partial charge in [0.2, 0.25) is 0 Å². The van der Waals surface area contributed by atoms with Crippen LogP contribution in [0.25, 0.3) is 11.3 Å². The third-order valence-electron chi connectivity index (χ3n) is 1.73. The van der Waals surface area contributed by atoms with E-state index in [9.17, 15) is 0 Å². The normalized spacial score (nSPS) is 9.36. The molecule has 0 bridgehead atoms. The molecule has 0 saturated heterocycles. The lowest BCUT2D eigenvalue weighted by Gasteiger charge is -1.99. The van der Waals surface area contributed by atoms with Crippen molar-refractivity contribution < 1.29 is 0 Å². The highest BCUT2D eigenvalue weighted by atomic mass is 14.8. The average molecular weight is 181 g/mol. The van der Waals surface area contributed by atoms with Crippen molar-refractivity contribution in [2.45, 2.75) is 0 Å². The van der Waals surface area contributed by atoms with Crippen LogP contribution in [-0.2, 0) is 0 Å². The Labute approximate surface area is 80.9 Å². The van der Waals surface area contributed by atoms with Gasteiger partial charge in [-0.3, -0.25) is 9.97 Å². The quantitative estimate of drug-likeness (QED) is 0.663. The summed E-state index contributed by atoms with van der Waals surface area (Å²) in [6, 6.07) is 3.72. The van der Waals surface area contributed by atoms with Crippen molar-refractivity contribution in [3.05, 3.63) is 42.6 Å². The van der Waals surface area contributed by atoms with E-state index in [1.807, 2.05) is 0 Å². The van der Waals surface area contributed by atoms with Gasteiger partial charge < -0.3 is 0 Å². The second-order valence-electron chi connectivity index (χ2n) is 2.57. The minimum atomic E-state index is 0.536. The third-order valence-corrected chi connectivity index (χ3v) is 1.73. The molecule has 4 heteroatoms. The van der Waals surface area contributed by atoms with Gasteiger partial charge in [-0.25, -0.2) is 4.98 Å². The van der Waals surface area contributed by atoms with Gasteiger partial charge in [-0.05, 0) is 6.07 Å². The van der Waals surface area contributed by atoms with Crippen LogP contribution in [0.15, 0.2) is 30.9 Å². The molecular formula is C10H5N4. The number of hydrogen-bond acceptors (Lipinski definition) is 4. The first kappa shape index (κ1) is 8.32. The van der Waals surface area contributed by atoms with Gasteiger partial charge in [-0.2, -0.15) is 5.26 Å². The molecule has 0 aliphatic heterocycles. The van der Waals surface area contributed by atoms with Gasteiger partial charge in [0.05, 0.1) is 29.7 Å². The standard InChI is InChI=1S/C10H5N4/c11-5-8-1-2-12-6-9(8)10-7-13-3-4-14-10/h1-3,6-7H.